The fourth-order valence-corrected chi connectivity index (χ4v) is 5.58. The summed E-state index contributed by atoms with van der Waals surface area (Å²) >= 11 is 6.46. The van der Waals surface area contributed by atoms with Crippen molar-refractivity contribution in [3.63, 3.8) is 0 Å². The summed E-state index contributed by atoms with van der Waals surface area (Å²) in [5.41, 5.74) is 1.90. The van der Waals surface area contributed by atoms with E-state index in [9.17, 15) is 22.4 Å². The fraction of sp³-hybridized carbons (Fsp3) is 0.355. The van der Waals surface area contributed by atoms with Crippen molar-refractivity contribution in [2.24, 2.45) is 0 Å². The van der Waals surface area contributed by atoms with Gasteiger partial charge in [0.25, 0.3) is 0 Å². The predicted molar refractivity (Wildman–Crippen MR) is 162 cm³/mol. The van der Waals surface area contributed by atoms with Gasteiger partial charge in [-0.1, -0.05) is 67.1 Å². The first kappa shape index (κ1) is 32.1. The van der Waals surface area contributed by atoms with Crippen molar-refractivity contribution in [2.75, 3.05) is 17.1 Å². The van der Waals surface area contributed by atoms with Crippen LogP contribution < -0.4 is 9.62 Å². The molecule has 0 spiro atoms. The Morgan fingerprint density at radius 1 is 0.976 bits per heavy atom. The summed E-state index contributed by atoms with van der Waals surface area (Å²) in [7, 11) is -3.69. The molecule has 0 heterocycles. The Hall–Kier alpha value is -3.43. The van der Waals surface area contributed by atoms with Crippen LogP contribution in [-0.4, -0.2) is 50.0 Å². The monoisotopic (exact) mass is 601 g/mol. The van der Waals surface area contributed by atoms with Gasteiger partial charge >= 0.3 is 0 Å². The standard InChI is InChI=1S/C31H37ClFN3O4S/c1-4-23(2)34-31(38)29(21-24-11-6-5-7-12-24)35(22-25-13-8-9-14-28(25)32)30(37)15-10-20-36(41(3,39)40)27-18-16-26(33)17-19-27/h5-9,11-14,16-19,23,29H,4,10,15,20-22H2,1-3H3,(H,34,38)/t23-,29-/m1/s1. The van der Waals surface area contributed by atoms with Crippen molar-refractivity contribution in [1.82, 2.24) is 10.2 Å². The van der Waals surface area contributed by atoms with Gasteiger partial charge in [-0.3, -0.25) is 13.9 Å². The maximum Gasteiger partial charge on any atom is 0.243 e. The van der Waals surface area contributed by atoms with Crippen molar-refractivity contribution in [2.45, 2.75) is 58.2 Å². The van der Waals surface area contributed by atoms with E-state index in [1.807, 2.05) is 56.3 Å². The van der Waals surface area contributed by atoms with Gasteiger partial charge in [-0.2, -0.15) is 0 Å². The van der Waals surface area contributed by atoms with Gasteiger partial charge in [0.2, 0.25) is 21.8 Å². The molecule has 10 heteroatoms. The van der Waals surface area contributed by atoms with Crippen LogP contribution in [0.5, 0.6) is 0 Å². The molecule has 2 atom stereocenters. The van der Waals surface area contributed by atoms with E-state index < -0.39 is 21.9 Å². The number of carbonyl (C=O) groups is 2. The number of sulfonamides is 1. The number of anilines is 1. The van der Waals surface area contributed by atoms with Crippen LogP contribution in [0.3, 0.4) is 0 Å². The second kappa shape index (κ2) is 15.0. The van der Waals surface area contributed by atoms with E-state index in [2.05, 4.69) is 5.32 Å². The van der Waals surface area contributed by atoms with Gasteiger partial charge in [-0.25, -0.2) is 12.8 Å². The number of hydrogen-bond acceptors (Lipinski definition) is 4. The molecule has 1 N–H and O–H groups in total. The lowest BCUT2D eigenvalue weighted by atomic mass is 10.0. The number of nitrogens with zero attached hydrogens (tertiary/aromatic N) is 2. The molecule has 0 bridgehead atoms. The molecule has 0 radical (unpaired) electrons. The number of hydrogen-bond donors (Lipinski definition) is 1. The maximum absolute atomic E-state index is 13.8. The van der Waals surface area contributed by atoms with Gasteiger partial charge in [0.05, 0.1) is 11.9 Å². The van der Waals surface area contributed by atoms with Crippen LogP contribution in [0.15, 0.2) is 78.9 Å². The van der Waals surface area contributed by atoms with Gasteiger partial charge in [0, 0.05) is 37.0 Å². The SMILES string of the molecule is CC[C@@H](C)NC(=O)[C@@H](Cc1ccccc1)N(Cc1ccccc1Cl)C(=O)CCCN(c1ccc(F)cc1)S(C)(=O)=O. The molecule has 3 aromatic carbocycles. The topological polar surface area (TPSA) is 86.8 Å². The summed E-state index contributed by atoms with van der Waals surface area (Å²) in [6.45, 7) is 4.00. The summed E-state index contributed by atoms with van der Waals surface area (Å²) in [6.07, 6.45) is 2.27. The van der Waals surface area contributed by atoms with Crippen LogP contribution in [0.4, 0.5) is 10.1 Å². The summed E-state index contributed by atoms with van der Waals surface area (Å²) in [4.78, 5) is 29.0. The maximum atomic E-state index is 13.8. The zero-order valence-electron chi connectivity index (χ0n) is 23.6. The highest BCUT2D eigenvalue weighted by atomic mass is 35.5. The molecule has 0 fully saturated rings. The van der Waals surface area contributed by atoms with Crippen molar-refractivity contribution < 1.29 is 22.4 Å². The summed E-state index contributed by atoms with van der Waals surface area (Å²) in [5.74, 6) is -1.06. The van der Waals surface area contributed by atoms with E-state index >= 15 is 0 Å². The number of amides is 2. The predicted octanol–water partition coefficient (Wildman–Crippen LogP) is 5.58. The van der Waals surface area contributed by atoms with Crippen LogP contribution in [0.2, 0.25) is 5.02 Å². The molecule has 220 valence electrons. The van der Waals surface area contributed by atoms with Crippen LogP contribution in [0.1, 0.15) is 44.2 Å². The van der Waals surface area contributed by atoms with Crippen LogP contribution in [0.25, 0.3) is 0 Å². The molecule has 2 amide bonds. The molecule has 7 nitrogen and oxygen atoms in total. The number of rotatable bonds is 14. The molecule has 41 heavy (non-hydrogen) atoms. The minimum Gasteiger partial charge on any atom is -0.352 e. The summed E-state index contributed by atoms with van der Waals surface area (Å²) < 4.78 is 39.6. The molecule has 0 aromatic heterocycles. The Morgan fingerprint density at radius 3 is 2.22 bits per heavy atom. The van der Waals surface area contributed by atoms with Crippen LogP contribution >= 0.6 is 11.6 Å². The Kier molecular flexibility index (Phi) is 11.7. The highest BCUT2D eigenvalue weighted by Crippen LogP contribution is 2.23. The Morgan fingerprint density at radius 2 is 1.61 bits per heavy atom. The van der Waals surface area contributed by atoms with Gasteiger partial charge < -0.3 is 10.2 Å². The molecule has 0 saturated carbocycles. The zero-order chi connectivity index (χ0) is 30.0. The number of nitrogens with one attached hydrogen (secondary N) is 1. The third kappa shape index (κ3) is 9.57. The lowest BCUT2D eigenvalue weighted by molar-refractivity contribution is -0.141. The van der Waals surface area contributed by atoms with Crippen LogP contribution in [-0.2, 0) is 32.6 Å². The summed E-state index contributed by atoms with van der Waals surface area (Å²) in [6, 6.07) is 20.9. The van der Waals surface area contributed by atoms with E-state index in [1.54, 1.807) is 12.1 Å². The average molecular weight is 602 g/mol. The lowest BCUT2D eigenvalue weighted by Crippen LogP contribution is -2.52. The molecule has 3 rings (SSSR count). The van der Waals surface area contributed by atoms with Gasteiger partial charge in [0.1, 0.15) is 11.9 Å². The second-order valence-corrected chi connectivity index (χ2v) is 12.4. The molecule has 0 saturated heterocycles. The highest BCUT2D eigenvalue weighted by molar-refractivity contribution is 7.92. The third-order valence-corrected chi connectivity index (χ3v) is 8.40. The zero-order valence-corrected chi connectivity index (χ0v) is 25.2. The molecule has 0 aliphatic carbocycles. The van der Waals surface area contributed by atoms with E-state index in [1.165, 1.54) is 29.2 Å². The van der Waals surface area contributed by atoms with Crippen molar-refractivity contribution in [3.8, 4) is 0 Å². The first-order valence-electron chi connectivity index (χ1n) is 13.6. The third-order valence-electron chi connectivity index (χ3n) is 6.84. The number of benzene rings is 3. The molecular formula is C31H37ClFN3O4S. The quantitative estimate of drug-likeness (QED) is 0.261. The van der Waals surface area contributed by atoms with Gasteiger partial charge in [0.15, 0.2) is 0 Å². The Balaban J connectivity index is 1.89. The second-order valence-electron chi connectivity index (χ2n) is 10.1. The van der Waals surface area contributed by atoms with Crippen molar-refractivity contribution >= 4 is 39.1 Å². The fourth-order valence-electron chi connectivity index (χ4n) is 4.42. The van der Waals surface area contributed by atoms with E-state index in [4.69, 9.17) is 11.6 Å². The Labute approximate surface area is 247 Å². The number of carbonyl (C=O) groups excluding carboxylic acids is 2. The smallest absolute Gasteiger partial charge is 0.243 e. The lowest BCUT2D eigenvalue weighted by Gasteiger charge is -2.33. The van der Waals surface area contributed by atoms with E-state index in [0.29, 0.717) is 22.7 Å². The molecular weight excluding hydrogens is 565 g/mol. The first-order chi connectivity index (χ1) is 19.5. The van der Waals surface area contributed by atoms with E-state index in [-0.39, 0.29) is 43.8 Å². The largest absolute Gasteiger partial charge is 0.352 e. The molecule has 0 unspecified atom stereocenters. The van der Waals surface area contributed by atoms with E-state index in [0.717, 1.165) is 22.5 Å². The molecule has 3 aromatic rings. The first-order valence-corrected chi connectivity index (χ1v) is 15.8. The van der Waals surface area contributed by atoms with Gasteiger partial charge in [-0.05, 0) is 61.2 Å². The number of halogens is 2. The van der Waals surface area contributed by atoms with Gasteiger partial charge in [-0.15, -0.1) is 0 Å². The average Bonchev–Trinajstić information content (AvgIpc) is 2.94. The molecule has 0 aliphatic heterocycles. The summed E-state index contributed by atoms with van der Waals surface area (Å²) in [5, 5.41) is 3.50. The Bertz CT molecular complexity index is 1400. The minimum absolute atomic E-state index is 0.0125. The highest BCUT2D eigenvalue weighted by Gasteiger charge is 2.31. The van der Waals surface area contributed by atoms with Crippen molar-refractivity contribution in [1.29, 1.82) is 0 Å². The van der Waals surface area contributed by atoms with Crippen molar-refractivity contribution in [3.05, 3.63) is 101 Å². The molecule has 0 aliphatic rings. The normalized spacial score (nSPS) is 12.8. The minimum atomic E-state index is -3.69. The van der Waals surface area contributed by atoms with Crippen LogP contribution in [0, 0.1) is 5.82 Å².